The van der Waals surface area contributed by atoms with Gasteiger partial charge in [0.25, 0.3) is 0 Å². The highest BCUT2D eigenvalue weighted by atomic mass is 16.7. The van der Waals surface area contributed by atoms with Gasteiger partial charge in [0.15, 0.2) is 11.5 Å². The number of hydrogen-bond acceptors (Lipinski definition) is 6. The van der Waals surface area contributed by atoms with Crippen molar-refractivity contribution in [3.8, 4) is 17.2 Å². The van der Waals surface area contributed by atoms with Gasteiger partial charge in [0.2, 0.25) is 12.5 Å². The number of rotatable bonds is 4. The zero-order valence-corrected chi connectivity index (χ0v) is 15.9. The monoisotopic (exact) mass is 368 g/mol. The van der Waals surface area contributed by atoms with E-state index in [4.69, 9.17) is 14.2 Å². The van der Waals surface area contributed by atoms with E-state index in [-0.39, 0.29) is 12.8 Å². The van der Waals surface area contributed by atoms with Crippen molar-refractivity contribution in [1.82, 2.24) is 4.90 Å². The van der Waals surface area contributed by atoms with E-state index in [1.165, 1.54) is 11.1 Å². The lowest BCUT2D eigenvalue weighted by Gasteiger charge is -2.36. The van der Waals surface area contributed by atoms with Crippen LogP contribution in [0.1, 0.15) is 34.7 Å². The zero-order chi connectivity index (χ0) is 19.0. The largest absolute Gasteiger partial charge is 0.492 e. The van der Waals surface area contributed by atoms with Crippen molar-refractivity contribution in [2.75, 3.05) is 27.5 Å². The molecule has 0 aromatic heterocycles. The maximum Gasteiger partial charge on any atom is 0.231 e. The molecule has 2 aromatic carbocycles. The summed E-state index contributed by atoms with van der Waals surface area (Å²) in [5.74, 6) is 2.12. The molecule has 0 radical (unpaired) electrons. The average Bonchev–Trinajstić information content (AvgIpc) is 3.15. The third kappa shape index (κ3) is 3.10. The van der Waals surface area contributed by atoms with Gasteiger partial charge in [-0.1, -0.05) is 35.0 Å². The summed E-state index contributed by atoms with van der Waals surface area (Å²) >= 11 is 0. The van der Waals surface area contributed by atoms with Crippen molar-refractivity contribution in [3.05, 3.63) is 52.6 Å². The van der Waals surface area contributed by atoms with Crippen LogP contribution < -0.4 is 14.2 Å². The van der Waals surface area contributed by atoms with Crippen molar-refractivity contribution >= 4 is 5.71 Å². The third-order valence-electron chi connectivity index (χ3n) is 5.44. The first-order valence-electron chi connectivity index (χ1n) is 9.10. The number of fused-ring (bicyclic) bond motifs is 2. The molecule has 0 spiro atoms. The van der Waals surface area contributed by atoms with E-state index in [0.717, 1.165) is 35.6 Å². The Labute approximate surface area is 159 Å². The number of likely N-dealkylation sites (N-methyl/N-ethyl adjacent to an activating group) is 1. The lowest BCUT2D eigenvalue weighted by atomic mass is 9.87. The van der Waals surface area contributed by atoms with Crippen LogP contribution in [0.25, 0.3) is 0 Å². The molecule has 2 aliphatic rings. The fourth-order valence-corrected chi connectivity index (χ4v) is 3.93. The highest BCUT2D eigenvalue weighted by molar-refractivity contribution is 6.00. The number of methoxy groups -OCH3 is 1. The van der Waals surface area contributed by atoms with Gasteiger partial charge in [-0.15, -0.1) is 0 Å². The van der Waals surface area contributed by atoms with Crippen LogP contribution in [0.4, 0.5) is 0 Å². The first kappa shape index (κ1) is 17.7. The topological polar surface area (TPSA) is 63.5 Å². The molecule has 142 valence electrons. The van der Waals surface area contributed by atoms with E-state index >= 15 is 0 Å². The van der Waals surface area contributed by atoms with Crippen LogP contribution in [0, 0.1) is 6.92 Å². The molecule has 6 nitrogen and oxygen atoms in total. The van der Waals surface area contributed by atoms with Gasteiger partial charge in [-0.3, -0.25) is 4.90 Å². The second kappa shape index (κ2) is 7.12. The lowest BCUT2D eigenvalue weighted by Crippen LogP contribution is -2.34. The second-order valence-electron chi connectivity index (χ2n) is 7.08. The van der Waals surface area contributed by atoms with Gasteiger partial charge in [0.05, 0.1) is 12.8 Å². The predicted octanol–water partition coefficient (Wildman–Crippen LogP) is 3.53. The SMILES string of the molecule is COc1c2c(cc3c1[C@@H](C/C(=N/O)c1ccc(C)cc1)N(C)CC3)OCO2. The Kier molecular flexibility index (Phi) is 4.66. The van der Waals surface area contributed by atoms with Crippen LogP contribution >= 0.6 is 0 Å². The lowest BCUT2D eigenvalue weighted by molar-refractivity contribution is 0.170. The number of hydrogen-bond donors (Lipinski definition) is 1. The van der Waals surface area contributed by atoms with Crippen molar-refractivity contribution in [3.63, 3.8) is 0 Å². The molecule has 1 N–H and O–H groups in total. The van der Waals surface area contributed by atoms with Gasteiger partial charge in [0.1, 0.15) is 0 Å². The molecule has 0 amide bonds. The molecule has 2 aliphatic heterocycles. The molecule has 2 aromatic rings. The standard InChI is InChI=1S/C21H24N2O4/c1-13-4-6-14(7-5-13)16(22-24)11-17-19-15(8-9-23(17)2)10-18-20(21(19)25-3)27-12-26-18/h4-7,10,17,24H,8-9,11-12H2,1-3H3/b22-16-/t17-/m1/s1. The summed E-state index contributed by atoms with van der Waals surface area (Å²) in [7, 11) is 3.74. The second-order valence-corrected chi connectivity index (χ2v) is 7.08. The molecule has 6 heteroatoms. The molecule has 0 bridgehead atoms. The number of ether oxygens (including phenoxy) is 3. The van der Waals surface area contributed by atoms with Gasteiger partial charge in [-0.2, -0.15) is 0 Å². The normalized spacial score (nSPS) is 19.1. The number of benzene rings is 2. The summed E-state index contributed by atoms with van der Waals surface area (Å²) < 4.78 is 17.0. The van der Waals surface area contributed by atoms with Crippen molar-refractivity contribution in [2.24, 2.45) is 5.16 Å². The molecule has 4 rings (SSSR count). The van der Waals surface area contributed by atoms with Gasteiger partial charge in [0, 0.05) is 24.6 Å². The van der Waals surface area contributed by atoms with Crippen LogP contribution in [0.15, 0.2) is 35.5 Å². The summed E-state index contributed by atoms with van der Waals surface area (Å²) in [6.07, 6.45) is 1.48. The van der Waals surface area contributed by atoms with Crippen molar-refractivity contribution in [2.45, 2.75) is 25.8 Å². The van der Waals surface area contributed by atoms with E-state index in [2.05, 4.69) is 23.2 Å². The van der Waals surface area contributed by atoms with E-state index in [9.17, 15) is 5.21 Å². The highest BCUT2D eigenvalue weighted by Crippen LogP contribution is 2.50. The molecule has 0 saturated carbocycles. The molecular formula is C21H24N2O4. The van der Waals surface area contributed by atoms with E-state index in [1.807, 2.05) is 31.2 Å². The fourth-order valence-electron chi connectivity index (χ4n) is 3.93. The smallest absolute Gasteiger partial charge is 0.231 e. The Morgan fingerprint density at radius 3 is 2.78 bits per heavy atom. The van der Waals surface area contributed by atoms with E-state index in [1.54, 1.807) is 7.11 Å². The molecule has 0 aliphatic carbocycles. The molecule has 27 heavy (non-hydrogen) atoms. The maximum absolute atomic E-state index is 9.69. The summed E-state index contributed by atoms with van der Waals surface area (Å²) in [4.78, 5) is 2.27. The van der Waals surface area contributed by atoms with Gasteiger partial charge < -0.3 is 19.4 Å². The Morgan fingerprint density at radius 1 is 1.30 bits per heavy atom. The minimum Gasteiger partial charge on any atom is -0.492 e. The quantitative estimate of drug-likeness (QED) is 0.508. The van der Waals surface area contributed by atoms with Crippen molar-refractivity contribution in [1.29, 1.82) is 0 Å². The van der Waals surface area contributed by atoms with E-state index < -0.39 is 0 Å². The Balaban J connectivity index is 1.75. The van der Waals surface area contributed by atoms with Crippen LogP contribution in [-0.2, 0) is 6.42 Å². The predicted molar refractivity (Wildman–Crippen MR) is 102 cm³/mol. The van der Waals surface area contributed by atoms with Gasteiger partial charge in [-0.05, 0) is 37.6 Å². The number of oxime groups is 1. The summed E-state index contributed by atoms with van der Waals surface area (Å²) in [5.41, 5.74) is 5.03. The molecule has 1 atom stereocenters. The van der Waals surface area contributed by atoms with Crippen LogP contribution in [-0.4, -0.2) is 43.3 Å². The maximum atomic E-state index is 9.69. The molecular weight excluding hydrogens is 344 g/mol. The average molecular weight is 368 g/mol. The molecule has 0 saturated heterocycles. The first-order valence-corrected chi connectivity index (χ1v) is 9.10. The summed E-state index contributed by atoms with van der Waals surface area (Å²) in [5, 5.41) is 13.3. The Morgan fingerprint density at radius 2 is 2.07 bits per heavy atom. The number of aryl methyl sites for hydroxylation is 1. The Bertz CT molecular complexity index is 877. The van der Waals surface area contributed by atoms with Crippen LogP contribution in [0.3, 0.4) is 0 Å². The van der Waals surface area contributed by atoms with E-state index in [0.29, 0.717) is 17.9 Å². The molecule has 0 fully saturated rings. The van der Waals surface area contributed by atoms with Gasteiger partial charge in [-0.25, -0.2) is 0 Å². The number of nitrogens with zero attached hydrogens (tertiary/aromatic N) is 2. The summed E-state index contributed by atoms with van der Waals surface area (Å²) in [6, 6.07) is 10.1. The molecule has 2 heterocycles. The minimum atomic E-state index is 0.0189. The highest BCUT2D eigenvalue weighted by Gasteiger charge is 2.34. The van der Waals surface area contributed by atoms with Gasteiger partial charge >= 0.3 is 0 Å². The van der Waals surface area contributed by atoms with Crippen LogP contribution in [0.2, 0.25) is 0 Å². The Hall–Kier alpha value is -2.73. The first-order chi connectivity index (χ1) is 13.1. The fraction of sp³-hybridized carbons (Fsp3) is 0.381. The molecule has 0 unspecified atom stereocenters. The van der Waals surface area contributed by atoms with Crippen LogP contribution in [0.5, 0.6) is 17.2 Å². The summed E-state index contributed by atoms with van der Waals surface area (Å²) in [6.45, 7) is 3.16. The third-order valence-corrected chi connectivity index (χ3v) is 5.44. The minimum absolute atomic E-state index is 0.0189. The van der Waals surface area contributed by atoms with Crippen molar-refractivity contribution < 1.29 is 19.4 Å². The zero-order valence-electron chi connectivity index (χ0n) is 15.9.